The van der Waals surface area contributed by atoms with Crippen molar-refractivity contribution in [1.29, 1.82) is 5.26 Å². The first kappa shape index (κ1) is 20.7. The van der Waals surface area contributed by atoms with Gasteiger partial charge in [0, 0.05) is 11.8 Å². The van der Waals surface area contributed by atoms with Crippen LogP contribution in [0.3, 0.4) is 0 Å². The van der Waals surface area contributed by atoms with Crippen LogP contribution in [0.2, 0.25) is 0 Å². The van der Waals surface area contributed by atoms with Gasteiger partial charge in [-0.2, -0.15) is 5.26 Å². The van der Waals surface area contributed by atoms with Crippen molar-refractivity contribution < 1.29 is 9.47 Å². The van der Waals surface area contributed by atoms with Crippen molar-refractivity contribution in [3.8, 4) is 6.07 Å². The number of unbranched alkanes of at least 4 members (excludes halogenated alkanes) is 5. The summed E-state index contributed by atoms with van der Waals surface area (Å²) >= 11 is 0. The second-order valence-corrected chi connectivity index (χ2v) is 8.44. The second-order valence-electron chi connectivity index (χ2n) is 8.44. The number of nitrogens with zero attached hydrogens (tertiary/aromatic N) is 1. The maximum atomic E-state index is 9.62. The lowest BCUT2D eigenvalue weighted by molar-refractivity contribution is -0.231. The predicted octanol–water partition coefficient (Wildman–Crippen LogP) is 6.23. The van der Waals surface area contributed by atoms with Gasteiger partial charge in [0.25, 0.3) is 0 Å². The molecule has 25 heavy (non-hydrogen) atoms. The molecular weight excluding hydrogens is 310 g/mol. The summed E-state index contributed by atoms with van der Waals surface area (Å²) in [6, 6.07) is 2.64. The molecule has 0 amide bonds. The van der Waals surface area contributed by atoms with Crippen LogP contribution in [-0.4, -0.2) is 19.5 Å². The molecule has 0 aromatic carbocycles. The van der Waals surface area contributed by atoms with Gasteiger partial charge in [-0.3, -0.25) is 0 Å². The number of nitriles is 1. The third-order valence-electron chi connectivity index (χ3n) is 6.33. The van der Waals surface area contributed by atoms with E-state index in [0.717, 1.165) is 45.3 Å². The Hall–Kier alpha value is -0.590. The fourth-order valence-corrected chi connectivity index (χ4v) is 4.43. The summed E-state index contributed by atoms with van der Waals surface area (Å²) in [7, 11) is 0. The Balaban J connectivity index is 1.64. The monoisotopic (exact) mass is 349 g/mol. The molecule has 0 unspecified atom stereocenters. The lowest BCUT2D eigenvalue weighted by Gasteiger charge is -2.40. The van der Waals surface area contributed by atoms with Gasteiger partial charge in [-0.25, -0.2) is 0 Å². The minimum Gasteiger partial charge on any atom is -0.352 e. The van der Waals surface area contributed by atoms with E-state index in [-0.39, 0.29) is 11.7 Å². The third kappa shape index (κ3) is 6.57. The van der Waals surface area contributed by atoms with Crippen LogP contribution in [0.1, 0.15) is 97.3 Å². The van der Waals surface area contributed by atoms with Crippen LogP contribution in [0.5, 0.6) is 0 Å². The Morgan fingerprint density at radius 2 is 1.56 bits per heavy atom. The Kier molecular flexibility index (Phi) is 9.28. The molecule has 1 aliphatic heterocycles. The van der Waals surface area contributed by atoms with E-state index in [9.17, 15) is 5.26 Å². The highest BCUT2D eigenvalue weighted by Crippen LogP contribution is 2.44. The Morgan fingerprint density at radius 3 is 2.16 bits per heavy atom. The summed E-state index contributed by atoms with van der Waals surface area (Å²) in [5, 5.41) is 9.62. The van der Waals surface area contributed by atoms with E-state index in [4.69, 9.17) is 9.47 Å². The molecule has 3 nitrogen and oxygen atoms in total. The molecule has 144 valence electrons. The minimum atomic E-state index is -0.0673. The molecule has 0 atom stereocenters. The highest BCUT2D eigenvalue weighted by molar-refractivity contribution is 5.01. The molecular formula is C22H39NO2. The van der Waals surface area contributed by atoms with E-state index in [1.54, 1.807) is 0 Å². The van der Waals surface area contributed by atoms with E-state index in [2.05, 4.69) is 19.9 Å². The van der Waals surface area contributed by atoms with Gasteiger partial charge in [0.1, 0.15) is 0 Å². The molecule has 2 fully saturated rings. The van der Waals surface area contributed by atoms with E-state index in [0.29, 0.717) is 11.8 Å². The van der Waals surface area contributed by atoms with Gasteiger partial charge in [0.15, 0.2) is 6.29 Å². The van der Waals surface area contributed by atoms with Crippen molar-refractivity contribution in [2.75, 3.05) is 13.2 Å². The summed E-state index contributed by atoms with van der Waals surface area (Å²) < 4.78 is 12.2. The normalized spacial score (nSPS) is 33.1. The summed E-state index contributed by atoms with van der Waals surface area (Å²) in [6.07, 6.45) is 15.6. The summed E-state index contributed by atoms with van der Waals surface area (Å²) in [6.45, 7) is 6.21. The van der Waals surface area contributed by atoms with Crippen molar-refractivity contribution >= 4 is 0 Å². The molecule has 1 saturated carbocycles. The van der Waals surface area contributed by atoms with Crippen LogP contribution < -0.4 is 0 Å². The van der Waals surface area contributed by atoms with Gasteiger partial charge < -0.3 is 9.47 Å². The van der Waals surface area contributed by atoms with Crippen molar-refractivity contribution in [2.24, 2.45) is 17.3 Å². The standard InChI is InChI=1S/C22H39NO2/c1-3-5-7-8-9-10-19-16-24-21(25-17-19)20-11-14-22(18-23,15-12-20)13-6-4-2/h19-21H,3-17H2,1-2H3. The minimum absolute atomic E-state index is 0.0146. The molecule has 1 heterocycles. The molecule has 1 saturated heterocycles. The number of rotatable bonds is 10. The first-order valence-electron chi connectivity index (χ1n) is 10.9. The molecule has 0 N–H and O–H groups in total. The van der Waals surface area contributed by atoms with Gasteiger partial charge in [0.05, 0.1) is 24.7 Å². The zero-order valence-corrected chi connectivity index (χ0v) is 16.6. The van der Waals surface area contributed by atoms with E-state index >= 15 is 0 Å². The summed E-state index contributed by atoms with van der Waals surface area (Å²) in [5.74, 6) is 1.08. The van der Waals surface area contributed by atoms with E-state index in [1.807, 2.05) is 0 Å². The fourth-order valence-electron chi connectivity index (χ4n) is 4.43. The molecule has 3 heteroatoms. The fraction of sp³-hybridized carbons (Fsp3) is 0.955. The zero-order valence-electron chi connectivity index (χ0n) is 16.6. The van der Waals surface area contributed by atoms with Crippen LogP contribution in [0.15, 0.2) is 0 Å². The van der Waals surface area contributed by atoms with Crippen molar-refractivity contribution in [3.05, 3.63) is 0 Å². The Morgan fingerprint density at radius 1 is 0.920 bits per heavy atom. The van der Waals surface area contributed by atoms with E-state index < -0.39 is 0 Å². The first-order chi connectivity index (χ1) is 12.2. The second kappa shape index (κ2) is 11.2. The maximum absolute atomic E-state index is 9.62. The lowest BCUT2D eigenvalue weighted by atomic mass is 9.68. The molecule has 2 rings (SSSR count). The maximum Gasteiger partial charge on any atom is 0.160 e. The van der Waals surface area contributed by atoms with Gasteiger partial charge in [-0.1, -0.05) is 58.8 Å². The zero-order chi connectivity index (χ0) is 18.0. The molecule has 0 radical (unpaired) electrons. The topological polar surface area (TPSA) is 42.2 Å². The molecule has 1 aliphatic carbocycles. The molecule has 0 aromatic heterocycles. The van der Waals surface area contributed by atoms with Crippen LogP contribution in [0.4, 0.5) is 0 Å². The van der Waals surface area contributed by atoms with Crippen LogP contribution >= 0.6 is 0 Å². The lowest BCUT2D eigenvalue weighted by Crippen LogP contribution is -2.40. The van der Waals surface area contributed by atoms with Crippen LogP contribution in [-0.2, 0) is 9.47 Å². The molecule has 0 bridgehead atoms. The molecule has 0 aromatic rings. The van der Waals surface area contributed by atoms with Gasteiger partial charge in [0.2, 0.25) is 0 Å². The van der Waals surface area contributed by atoms with Gasteiger partial charge in [-0.05, 0) is 38.5 Å². The molecule has 0 spiro atoms. The number of hydrogen-bond acceptors (Lipinski definition) is 3. The molecule has 2 aliphatic rings. The SMILES string of the molecule is CCCCCCCC1COC(C2CCC(C#N)(CCCC)CC2)OC1. The van der Waals surface area contributed by atoms with Crippen LogP contribution in [0.25, 0.3) is 0 Å². The third-order valence-corrected chi connectivity index (χ3v) is 6.33. The Labute approximate surface area is 155 Å². The highest BCUT2D eigenvalue weighted by atomic mass is 16.7. The van der Waals surface area contributed by atoms with Gasteiger partial charge in [-0.15, -0.1) is 0 Å². The highest BCUT2D eigenvalue weighted by Gasteiger charge is 2.39. The van der Waals surface area contributed by atoms with Gasteiger partial charge >= 0.3 is 0 Å². The summed E-state index contributed by atoms with van der Waals surface area (Å²) in [4.78, 5) is 0. The number of ether oxygens (including phenoxy) is 2. The van der Waals surface area contributed by atoms with Crippen molar-refractivity contribution in [1.82, 2.24) is 0 Å². The predicted molar refractivity (Wildman–Crippen MR) is 102 cm³/mol. The average molecular weight is 350 g/mol. The van der Waals surface area contributed by atoms with Crippen molar-refractivity contribution in [3.63, 3.8) is 0 Å². The average Bonchev–Trinajstić information content (AvgIpc) is 2.67. The smallest absolute Gasteiger partial charge is 0.160 e. The largest absolute Gasteiger partial charge is 0.352 e. The summed E-state index contributed by atoms with van der Waals surface area (Å²) in [5.41, 5.74) is -0.0673. The Bertz CT molecular complexity index is 387. The number of hydrogen-bond donors (Lipinski definition) is 0. The van der Waals surface area contributed by atoms with Crippen LogP contribution in [0, 0.1) is 28.6 Å². The first-order valence-corrected chi connectivity index (χ1v) is 10.9. The quantitative estimate of drug-likeness (QED) is 0.439. The van der Waals surface area contributed by atoms with Crippen molar-refractivity contribution in [2.45, 2.75) is 104 Å². The van der Waals surface area contributed by atoms with E-state index in [1.165, 1.54) is 51.4 Å².